The largest absolute Gasteiger partial charge is 0.370 e. The van der Waals surface area contributed by atoms with Gasteiger partial charge < -0.3 is 87.7 Å². The molecule has 1 unspecified atom stereocenters. The van der Waals surface area contributed by atoms with E-state index in [4.69, 9.17) is 40.1 Å². The lowest BCUT2D eigenvalue weighted by Gasteiger charge is -2.28. The number of fused-ring (bicyclic) bond motifs is 1. The van der Waals surface area contributed by atoms with Crippen LogP contribution < -0.4 is 82.7 Å². The molecule has 4 rings (SSSR count). The highest BCUT2D eigenvalue weighted by Gasteiger charge is 2.35. The Labute approximate surface area is 450 Å². The third kappa shape index (κ3) is 21.7. The first-order chi connectivity index (χ1) is 37.2. The summed E-state index contributed by atoms with van der Waals surface area (Å²) in [4.78, 5) is 140. The lowest BCUT2D eigenvalue weighted by Crippen LogP contribution is -2.60. The molecule has 1 aliphatic rings. The molecule has 28 nitrogen and oxygen atoms in total. The van der Waals surface area contributed by atoms with Gasteiger partial charge in [0.15, 0.2) is 17.9 Å². The van der Waals surface area contributed by atoms with E-state index in [-0.39, 0.29) is 115 Å². The number of primary amides is 1. The van der Waals surface area contributed by atoms with Crippen molar-refractivity contribution in [3.05, 3.63) is 71.9 Å². The van der Waals surface area contributed by atoms with Gasteiger partial charge in [0, 0.05) is 63.0 Å². The predicted molar refractivity (Wildman–Crippen MR) is 292 cm³/mol. The smallest absolute Gasteiger partial charge is 0.243 e. The Balaban J connectivity index is 1.80. The lowest BCUT2D eigenvalue weighted by atomic mass is 10.0. The molecule has 7 atom stereocenters. The van der Waals surface area contributed by atoms with Crippen LogP contribution in [0.25, 0.3) is 10.9 Å². The highest BCUT2D eigenvalue weighted by molar-refractivity contribution is 5.99. The number of nitrogens with one attached hydrogen (secondary N) is 9. The molecule has 1 aliphatic heterocycles. The van der Waals surface area contributed by atoms with E-state index in [0.717, 1.165) is 10.9 Å². The molecule has 78 heavy (non-hydrogen) atoms. The molecule has 23 N–H and O–H groups in total. The molecule has 2 heterocycles. The molecule has 0 aliphatic carbocycles. The van der Waals surface area contributed by atoms with Gasteiger partial charge in [0.25, 0.3) is 0 Å². The highest BCUT2D eigenvalue weighted by Crippen LogP contribution is 2.20. The molecule has 0 saturated carbocycles. The minimum atomic E-state index is -1.66. The number of aromatic amines is 1. The molecule has 3 aromatic rings. The van der Waals surface area contributed by atoms with Crippen LogP contribution in [0.4, 0.5) is 0 Å². The second kappa shape index (κ2) is 31.8. The molecule has 1 saturated heterocycles. The van der Waals surface area contributed by atoms with Gasteiger partial charge in [-0.2, -0.15) is 0 Å². The summed E-state index contributed by atoms with van der Waals surface area (Å²) in [5.74, 6) is -7.98. The van der Waals surface area contributed by atoms with Crippen LogP contribution in [0.3, 0.4) is 0 Å². The number of carbonyl (C=O) groups excluding carboxylic acids is 9. The Kier molecular flexibility index (Phi) is 25.1. The van der Waals surface area contributed by atoms with Crippen molar-refractivity contribution in [1.29, 1.82) is 0 Å². The van der Waals surface area contributed by atoms with Gasteiger partial charge in [-0.25, -0.2) is 0 Å². The number of nitrogens with zero attached hydrogens (tertiary/aromatic N) is 3. The predicted octanol–water partition coefficient (Wildman–Crippen LogP) is -4.30. The second-order valence-electron chi connectivity index (χ2n) is 18.7. The summed E-state index contributed by atoms with van der Waals surface area (Å²) < 4.78 is 0. The molecule has 0 spiro atoms. The van der Waals surface area contributed by atoms with Crippen LogP contribution in [0.5, 0.6) is 0 Å². The fourth-order valence-corrected chi connectivity index (χ4v) is 8.44. The molecule has 1 fully saturated rings. The molecule has 424 valence electrons. The van der Waals surface area contributed by atoms with Crippen LogP contribution in [0, 0.1) is 0 Å². The zero-order valence-electron chi connectivity index (χ0n) is 43.7. The first-order valence-corrected chi connectivity index (χ1v) is 25.6. The number of amides is 9. The normalized spacial score (nSPS) is 20.6. The van der Waals surface area contributed by atoms with E-state index in [0.29, 0.717) is 11.1 Å². The lowest BCUT2D eigenvalue weighted by molar-refractivity contribution is -0.136. The Morgan fingerprint density at radius 3 is 1.74 bits per heavy atom. The summed E-state index contributed by atoms with van der Waals surface area (Å²) in [6, 6.07) is 6.15. The number of hydrogen-bond acceptors (Lipinski definition) is 12. The maximum Gasteiger partial charge on any atom is 0.243 e. The standard InChI is InChI=1S/C50H75N19O9/c1-28(70)63-34(17-9-21-59-48(52)53)42(73)69-39-26-40(71)58-20-8-7-16-33(41(51)72)64-46(77)38(25-30-27-62-32-15-6-5-14-31(30)32)68-44(75)36(19-11-23-61-50(56)57)65-45(76)37(24-29-12-3-2-4-13-29)67-43(74)35(66-47(39)78)18-10-22-60-49(54)55/h2-6,12-15,27,33-39,62H,7-11,16-26H2,1H3,(H2,51,72)(H,58,71)(H,63,70)(H,64,77)(H,65,76)(H,66,78)(H,67,74)(H,68,75)(H,69,73)(H4,52,53,59)(H4,54,55,60)(H4,56,57,61)/t33-,34-,35-,36-,37+,38-,39?/m0/s1. The minimum Gasteiger partial charge on any atom is -0.370 e. The topological polar surface area (TPSA) is 485 Å². The van der Waals surface area contributed by atoms with Gasteiger partial charge in [-0.1, -0.05) is 48.5 Å². The van der Waals surface area contributed by atoms with E-state index in [1.807, 2.05) is 24.3 Å². The van der Waals surface area contributed by atoms with Crippen molar-refractivity contribution in [2.24, 2.45) is 55.1 Å². The molecule has 2 aromatic carbocycles. The van der Waals surface area contributed by atoms with E-state index in [1.54, 1.807) is 36.5 Å². The summed E-state index contributed by atoms with van der Waals surface area (Å²) in [5, 5.41) is 22.1. The number of nitrogens with two attached hydrogens (primary N) is 7. The number of aliphatic imine (C=N–C) groups is 3. The van der Waals surface area contributed by atoms with Gasteiger partial charge >= 0.3 is 0 Å². The molecule has 0 bridgehead atoms. The third-order valence-corrected chi connectivity index (χ3v) is 12.4. The van der Waals surface area contributed by atoms with E-state index < -0.39 is 102 Å². The van der Waals surface area contributed by atoms with Gasteiger partial charge in [-0.3, -0.25) is 58.1 Å². The van der Waals surface area contributed by atoms with E-state index >= 15 is 0 Å². The average molecular weight is 1090 g/mol. The quantitative estimate of drug-likeness (QED) is 0.0289. The van der Waals surface area contributed by atoms with Gasteiger partial charge in [0.2, 0.25) is 53.2 Å². The molecule has 1 aromatic heterocycles. The number of para-hydroxylation sites is 1. The Hall–Kier alpha value is -8.98. The SMILES string of the molecule is CC(=O)N[C@@H](CCCN=C(N)N)C(=O)NC1CC(=O)NCCCC[C@@H](C(N)=O)NC(=O)[C@H](Cc2c[nH]c3ccccc23)NC(=O)[C@H](CCCN=C(N)N)NC(=O)[C@@H](Cc2ccccc2)NC(=O)[C@H](CCCN=C(N)N)NC1=O. The summed E-state index contributed by atoms with van der Waals surface area (Å²) in [7, 11) is 0. The molecule has 9 amide bonds. The second-order valence-corrected chi connectivity index (χ2v) is 18.7. The summed E-state index contributed by atoms with van der Waals surface area (Å²) in [6.07, 6.45) is 1.57. The van der Waals surface area contributed by atoms with Crippen molar-refractivity contribution in [3.63, 3.8) is 0 Å². The van der Waals surface area contributed by atoms with E-state index in [9.17, 15) is 43.2 Å². The zero-order chi connectivity index (χ0) is 57.1. The molecular formula is C50H75N19O9. The van der Waals surface area contributed by atoms with Crippen molar-refractivity contribution in [3.8, 4) is 0 Å². The first-order valence-electron chi connectivity index (χ1n) is 25.6. The number of hydrogen-bond donors (Lipinski definition) is 16. The molecule has 0 radical (unpaired) electrons. The summed E-state index contributed by atoms with van der Waals surface area (Å²) in [6.45, 7) is 1.34. The van der Waals surface area contributed by atoms with Crippen LogP contribution in [0.15, 0.2) is 75.8 Å². The van der Waals surface area contributed by atoms with E-state index in [1.165, 1.54) is 6.92 Å². The number of carbonyl (C=O) groups is 9. The van der Waals surface area contributed by atoms with Gasteiger partial charge in [-0.15, -0.1) is 0 Å². The van der Waals surface area contributed by atoms with Crippen molar-refractivity contribution in [2.45, 2.75) is 126 Å². The van der Waals surface area contributed by atoms with Gasteiger partial charge in [0.05, 0.1) is 6.42 Å². The molecular weight excluding hydrogens is 1010 g/mol. The maximum atomic E-state index is 14.7. The van der Waals surface area contributed by atoms with Crippen LogP contribution in [0.2, 0.25) is 0 Å². The highest BCUT2D eigenvalue weighted by atomic mass is 16.2. The minimum absolute atomic E-state index is 0.00330. The number of rotatable bonds is 20. The van der Waals surface area contributed by atoms with Crippen LogP contribution >= 0.6 is 0 Å². The first kappa shape index (κ1) is 61.6. The number of benzene rings is 2. The Morgan fingerprint density at radius 1 is 0.628 bits per heavy atom. The fourth-order valence-electron chi connectivity index (χ4n) is 8.44. The summed E-state index contributed by atoms with van der Waals surface area (Å²) in [5.41, 5.74) is 41.0. The number of aromatic nitrogens is 1. The van der Waals surface area contributed by atoms with E-state index in [2.05, 4.69) is 62.5 Å². The van der Waals surface area contributed by atoms with Crippen molar-refractivity contribution >= 4 is 81.9 Å². The zero-order valence-corrected chi connectivity index (χ0v) is 43.7. The van der Waals surface area contributed by atoms with Crippen molar-refractivity contribution < 1.29 is 43.2 Å². The molecule has 28 heteroatoms. The Bertz CT molecular complexity index is 2630. The number of guanidine groups is 3. The summed E-state index contributed by atoms with van der Waals surface area (Å²) >= 11 is 0. The van der Waals surface area contributed by atoms with Crippen LogP contribution in [-0.2, 0) is 56.0 Å². The van der Waals surface area contributed by atoms with Crippen molar-refractivity contribution in [1.82, 2.24) is 47.5 Å². The van der Waals surface area contributed by atoms with Gasteiger partial charge in [-0.05, 0) is 75.0 Å². The number of H-pyrrole nitrogens is 1. The Morgan fingerprint density at radius 2 is 1.15 bits per heavy atom. The fraction of sp³-hybridized carbons (Fsp3) is 0.480. The van der Waals surface area contributed by atoms with Crippen molar-refractivity contribution in [2.75, 3.05) is 26.2 Å². The van der Waals surface area contributed by atoms with Crippen LogP contribution in [0.1, 0.15) is 82.3 Å². The average Bonchev–Trinajstić information content (AvgIpc) is 3.80. The third-order valence-electron chi connectivity index (χ3n) is 12.4. The monoisotopic (exact) mass is 1090 g/mol. The van der Waals surface area contributed by atoms with Crippen LogP contribution in [-0.4, -0.2) is 144 Å². The maximum absolute atomic E-state index is 14.7. The van der Waals surface area contributed by atoms with Gasteiger partial charge in [0.1, 0.15) is 42.3 Å².